The van der Waals surface area contributed by atoms with Crippen molar-refractivity contribution in [3.63, 3.8) is 0 Å². The molecule has 0 aliphatic heterocycles. The Kier molecular flexibility index (Phi) is 5.98. The van der Waals surface area contributed by atoms with E-state index in [0.29, 0.717) is 11.4 Å². The molecule has 1 heterocycles. The molecule has 110 valence electrons. The highest BCUT2D eigenvalue weighted by Crippen LogP contribution is 2.32. The molecule has 7 nitrogen and oxygen atoms in total. The molecule has 0 aliphatic carbocycles. The fourth-order valence-corrected chi connectivity index (χ4v) is 2.56. The smallest absolute Gasteiger partial charge is 0.317 e. The lowest BCUT2D eigenvalue weighted by molar-refractivity contribution is -0.116. The van der Waals surface area contributed by atoms with Crippen LogP contribution < -0.4 is 22.1 Å². The Morgan fingerprint density at radius 2 is 1.90 bits per heavy atom. The molecule has 1 aromatic rings. The van der Waals surface area contributed by atoms with Gasteiger partial charge in [0.25, 0.3) is 5.91 Å². The van der Waals surface area contributed by atoms with E-state index in [2.05, 4.69) is 17.6 Å². The fourth-order valence-electron chi connectivity index (χ4n) is 1.58. The summed E-state index contributed by atoms with van der Waals surface area (Å²) in [4.78, 5) is 33.7. The van der Waals surface area contributed by atoms with E-state index < -0.39 is 11.9 Å². The average molecular weight is 298 g/mol. The second-order valence-electron chi connectivity index (χ2n) is 4.21. The van der Waals surface area contributed by atoms with Gasteiger partial charge in [0.05, 0.1) is 10.6 Å². The van der Waals surface area contributed by atoms with E-state index in [1.807, 2.05) is 0 Å². The lowest BCUT2D eigenvalue weighted by Gasteiger charge is -2.01. The van der Waals surface area contributed by atoms with E-state index in [0.717, 1.165) is 30.6 Å². The molecule has 0 bridgehead atoms. The zero-order chi connectivity index (χ0) is 15.1. The van der Waals surface area contributed by atoms with Crippen molar-refractivity contribution < 1.29 is 14.4 Å². The second kappa shape index (κ2) is 7.49. The number of amides is 4. The third-order valence-corrected chi connectivity index (χ3v) is 3.47. The van der Waals surface area contributed by atoms with Crippen molar-refractivity contribution in [3.8, 4) is 0 Å². The first-order chi connectivity index (χ1) is 9.43. The molecule has 20 heavy (non-hydrogen) atoms. The van der Waals surface area contributed by atoms with Crippen molar-refractivity contribution in [3.05, 3.63) is 11.6 Å². The number of hydrogen-bond acceptors (Lipinski definition) is 4. The Bertz CT molecular complexity index is 513. The van der Waals surface area contributed by atoms with E-state index in [4.69, 9.17) is 11.5 Å². The summed E-state index contributed by atoms with van der Waals surface area (Å²) in [5, 5.41) is 5.65. The number of primary amides is 2. The molecule has 6 N–H and O–H groups in total. The minimum absolute atomic E-state index is 0.123. The molecule has 0 aromatic carbocycles. The van der Waals surface area contributed by atoms with Crippen molar-refractivity contribution >= 4 is 39.2 Å². The normalized spacial score (nSPS) is 10.1. The number of anilines is 2. The molecule has 1 rings (SSSR count). The molecule has 0 unspecified atom stereocenters. The van der Waals surface area contributed by atoms with Crippen LogP contribution in [0.1, 0.15) is 43.0 Å². The molecular weight excluding hydrogens is 280 g/mol. The second-order valence-corrected chi connectivity index (χ2v) is 5.26. The largest absolute Gasteiger partial charge is 0.366 e. The van der Waals surface area contributed by atoms with Gasteiger partial charge in [0.1, 0.15) is 5.00 Å². The molecule has 0 saturated carbocycles. The van der Waals surface area contributed by atoms with Crippen LogP contribution in [0, 0.1) is 0 Å². The third-order valence-electron chi connectivity index (χ3n) is 2.50. The Labute approximate surface area is 120 Å². The maximum atomic E-state index is 11.7. The number of carbonyl (C=O) groups excluding carboxylic acids is 3. The van der Waals surface area contributed by atoms with Crippen molar-refractivity contribution in [1.29, 1.82) is 0 Å². The van der Waals surface area contributed by atoms with Gasteiger partial charge in [-0.05, 0) is 12.5 Å². The van der Waals surface area contributed by atoms with Gasteiger partial charge in [0.15, 0.2) is 0 Å². The molecule has 0 saturated heterocycles. The number of unbranched alkanes of at least 4 members (excludes halogenated alkanes) is 2. The fraction of sp³-hybridized carbons (Fsp3) is 0.417. The minimum atomic E-state index is -0.796. The predicted molar refractivity (Wildman–Crippen MR) is 78.8 cm³/mol. The number of hydrogen-bond donors (Lipinski definition) is 4. The Morgan fingerprint density at radius 3 is 2.45 bits per heavy atom. The average Bonchev–Trinajstić information content (AvgIpc) is 2.71. The van der Waals surface area contributed by atoms with E-state index in [1.54, 1.807) is 0 Å². The van der Waals surface area contributed by atoms with Crippen LogP contribution in [0.4, 0.5) is 14.8 Å². The molecule has 0 spiro atoms. The summed E-state index contributed by atoms with van der Waals surface area (Å²) in [6, 6.07) is 0.630. The van der Waals surface area contributed by atoms with Crippen LogP contribution in [0.3, 0.4) is 0 Å². The highest BCUT2D eigenvalue weighted by Gasteiger charge is 2.16. The van der Waals surface area contributed by atoms with Crippen LogP contribution in [0.25, 0.3) is 0 Å². The molecule has 0 atom stereocenters. The van der Waals surface area contributed by atoms with Crippen molar-refractivity contribution in [1.82, 2.24) is 0 Å². The third kappa shape index (κ3) is 4.88. The SMILES string of the molecule is CCCCCC(=O)Nc1cc(C(N)=O)c(NC(N)=O)s1. The first-order valence-electron chi connectivity index (χ1n) is 6.24. The van der Waals surface area contributed by atoms with Gasteiger partial charge in [0.2, 0.25) is 5.91 Å². The van der Waals surface area contributed by atoms with Crippen LogP contribution in [-0.2, 0) is 4.79 Å². The number of rotatable bonds is 7. The van der Waals surface area contributed by atoms with Crippen LogP contribution in [0.15, 0.2) is 6.07 Å². The molecule has 1 aromatic heterocycles. The van der Waals surface area contributed by atoms with Gasteiger partial charge >= 0.3 is 6.03 Å². The van der Waals surface area contributed by atoms with Gasteiger partial charge in [-0.2, -0.15) is 0 Å². The topological polar surface area (TPSA) is 127 Å². The molecular formula is C12H18N4O3S. The van der Waals surface area contributed by atoms with Crippen LogP contribution in [0.5, 0.6) is 0 Å². The summed E-state index contributed by atoms with van der Waals surface area (Å²) in [6.07, 6.45) is 3.24. The number of nitrogens with two attached hydrogens (primary N) is 2. The zero-order valence-electron chi connectivity index (χ0n) is 11.2. The molecule has 0 radical (unpaired) electrons. The number of thiophene rings is 1. The number of carbonyl (C=O) groups is 3. The van der Waals surface area contributed by atoms with Gasteiger partial charge in [-0.3, -0.25) is 14.9 Å². The quantitative estimate of drug-likeness (QED) is 0.573. The van der Waals surface area contributed by atoms with Crippen LogP contribution in [0.2, 0.25) is 0 Å². The van der Waals surface area contributed by atoms with E-state index in [-0.39, 0.29) is 16.5 Å². The summed E-state index contributed by atoms with van der Waals surface area (Å²) >= 11 is 1.04. The molecule has 0 fully saturated rings. The van der Waals surface area contributed by atoms with E-state index in [9.17, 15) is 14.4 Å². The van der Waals surface area contributed by atoms with Gasteiger partial charge in [0, 0.05) is 6.42 Å². The Morgan fingerprint density at radius 1 is 1.20 bits per heavy atom. The minimum Gasteiger partial charge on any atom is -0.366 e. The van der Waals surface area contributed by atoms with Crippen molar-refractivity contribution in [2.24, 2.45) is 11.5 Å². The maximum Gasteiger partial charge on any atom is 0.317 e. The molecule has 8 heteroatoms. The summed E-state index contributed by atoms with van der Waals surface area (Å²) < 4.78 is 0. The van der Waals surface area contributed by atoms with Crippen molar-refractivity contribution in [2.75, 3.05) is 10.6 Å². The van der Waals surface area contributed by atoms with Gasteiger partial charge in [-0.1, -0.05) is 31.1 Å². The van der Waals surface area contributed by atoms with Crippen molar-refractivity contribution in [2.45, 2.75) is 32.6 Å². The highest BCUT2D eigenvalue weighted by molar-refractivity contribution is 7.20. The maximum absolute atomic E-state index is 11.7. The van der Waals surface area contributed by atoms with E-state index in [1.165, 1.54) is 6.07 Å². The van der Waals surface area contributed by atoms with Crippen LogP contribution in [-0.4, -0.2) is 17.8 Å². The Balaban J connectivity index is 2.73. The van der Waals surface area contributed by atoms with Gasteiger partial charge < -0.3 is 16.8 Å². The number of nitrogens with one attached hydrogen (secondary N) is 2. The Hall–Kier alpha value is -2.09. The molecule has 0 aliphatic rings. The number of urea groups is 1. The molecule has 4 amide bonds. The van der Waals surface area contributed by atoms with Gasteiger partial charge in [-0.15, -0.1) is 0 Å². The lowest BCUT2D eigenvalue weighted by atomic mass is 10.2. The lowest BCUT2D eigenvalue weighted by Crippen LogP contribution is -2.21. The van der Waals surface area contributed by atoms with Crippen LogP contribution >= 0.6 is 11.3 Å². The van der Waals surface area contributed by atoms with E-state index >= 15 is 0 Å². The summed E-state index contributed by atoms with van der Waals surface area (Å²) in [5.41, 5.74) is 10.3. The van der Waals surface area contributed by atoms with Gasteiger partial charge in [-0.25, -0.2) is 4.79 Å². The predicted octanol–water partition coefficient (Wildman–Crippen LogP) is 1.86. The standard InChI is InChI=1S/C12H18N4O3S/c1-2-3-4-5-8(17)15-9-6-7(10(13)18)11(20-9)16-12(14)19/h6H,2-5H2,1H3,(H2,13,18)(H,15,17)(H3,14,16,19). The zero-order valence-corrected chi connectivity index (χ0v) is 12.0. The highest BCUT2D eigenvalue weighted by atomic mass is 32.1. The monoisotopic (exact) mass is 298 g/mol. The summed E-state index contributed by atoms with van der Waals surface area (Å²) in [7, 11) is 0. The first kappa shape index (κ1) is 16.0. The first-order valence-corrected chi connectivity index (χ1v) is 7.05. The summed E-state index contributed by atoms with van der Waals surface area (Å²) in [5.74, 6) is -0.835. The summed E-state index contributed by atoms with van der Waals surface area (Å²) in [6.45, 7) is 2.05.